The van der Waals surface area contributed by atoms with Gasteiger partial charge in [-0.15, -0.1) is 12.4 Å². The molecule has 2 N–H and O–H groups in total. The summed E-state index contributed by atoms with van der Waals surface area (Å²) >= 11 is 0. The minimum Gasteiger partial charge on any atom is -0.338 e. The predicted octanol–water partition coefficient (Wildman–Crippen LogP) is 3.36. The molecule has 1 aromatic carbocycles. The minimum atomic E-state index is -0.0848. The molecule has 4 heteroatoms. The highest BCUT2D eigenvalue weighted by Crippen LogP contribution is 2.26. The fourth-order valence-electron chi connectivity index (χ4n) is 3.20. The quantitative estimate of drug-likeness (QED) is 0.923. The summed E-state index contributed by atoms with van der Waals surface area (Å²) in [6.07, 6.45) is 3.15. The van der Waals surface area contributed by atoms with Gasteiger partial charge in [0.15, 0.2) is 0 Å². The summed E-state index contributed by atoms with van der Waals surface area (Å²) in [7, 11) is 0. The Morgan fingerprint density at radius 2 is 2.00 bits per heavy atom. The van der Waals surface area contributed by atoms with Gasteiger partial charge < -0.3 is 10.6 Å². The normalized spacial score (nSPS) is 22.8. The molecule has 1 fully saturated rings. The lowest BCUT2D eigenvalue weighted by atomic mass is 9.90. The van der Waals surface area contributed by atoms with Crippen LogP contribution in [0.3, 0.4) is 0 Å². The molecule has 3 atom stereocenters. The number of amides is 1. The number of carbonyl (C=O) groups excluding carboxylic acids is 1. The number of carbonyl (C=O) groups is 1. The van der Waals surface area contributed by atoms with Crippen molar-refractivity contribution in [3.05, 3.63) is 35.4 Å². The van der Waals surface area contributed by atoms with Crippen LogP contribution >= 0.6 is 12.4 Å². The number of benzene rings is 1. The maximum Gasteiger partial charge on any atom is 0.230 e. The highest BCUT2D eigenvalue weighted by Gasteiger charge is 2.31. The minimum absolute atomic E-state index is 0. The summed E-state index contributed by atoms with van der Waals surface area (Å²) in [6.45, 7) is 7.81. The van der Waals surface area contributed by atoms with Crippen LogP contribution in [-0.2, 0) is 11.2 Å². The molecule has 2 rings (SSSR count). The Kier molecular flexibility index (Phi) is 7.37. The lowest BCUT2D eigenvalue weighted by molar-refractivity contribution is -0.136. The van der Waals surface area contributed by atoms with Crippen molar-refractivity contribution in [2.45, 2.75) is 52.0 Å². The molecule has 3 unspecified atom stereocenters. The molecule has 0 radical (unpaired) electrons. The molecule has 0 bridgehead atoms. The maximum atomic E-state index is 12.8. The monoisotopic (exact) mass is 324 g/mol. The molecule has 0 spiro atoms. The van der Waals surface area contributed by atoms with Crippen LogP contribution in [0.1, 0.15) is 50.7 Å². The molecule has 1 amide bonds. The zero-order chi connectivity index (χ0) is 15.4. The van der Waals surface area contributed by atoms with Crippen molar-refractivity contribution < 1.29 is 4.79 Å². The zero-order valence-electron chi connectivity index (χ0n) is 13.9. The van der Waals surface area contributed by atoms with Crippen molar-refractivity contribution in [3.63, 3.8) is 0 Å². The van der Waals surface area contributed by atoms with Crippen LogP contribution in [0, 0.1) is 5.92 Å². The Labute approximate surface area is 140 Å². The average Bonchev–Trinajstić information content (AvgIpc) is 2.53. The number of hydrogen-bond acceptors (Lipinski definition) is 2. The summed E-state index contributed by atoms with van der Waals surface area (Å²) in [5.74, 6) is 0.807. The molecular formula is C18H29ClN2O. The van der Waals surface area contributed by atoms with Gasteiger partial charge in [0.2, 0.25) is 5.91 Å². The van der Waals surface area contributed by atoms with Crippen LogP contribution in [-0.4, -0.2) is 29.9 Å². The molecular weight excluding hydrogens is 296 g/mol. The lowest BCUT2D eigenvalue weighted by Gasteiger charge is -2.39. The third-order valence-corrected chi connectivity index (χ3v) is 4.79. The molecule has 22 heavy (non-hydrogen) atoms. The van der Waals surface area contributed by atoms with Gasteiger partial charge >= 0.3 is 0 Å². The van der Waals surface area contributed by atoms with Gasteiger partial charge in [-0.3, -0.25) is 4.79 Å². The first kappa shape index (κ1) is 19.0. The third-order valence-electron chi connectivity index (χ3n) is 4.79. The van der Waals surface area contributed by atoms with E-state index in [-0.39, 0.29) is 30.3 Å². The van der Waals surface area contributed by atoms with Gasteiger partial charge in [0.05, 0.1) is 5.92 Å². The Bertz CT molecular complexity index is 474. The molecule has 0 aromatic heterocycles. The van der Waals surface area contributed by atoms with E-state index in [4.69, 9.17) is 5.73 Å². The van der Waals surface area contributed by atoms with Gasteiger partial charge in [0, 0.05) is 19.1 Å². The second-order valence-corrected chi connectivity index (χ2v) is 6.37. The highest BCUT2D eigenvalue weighted by atomic mass is 35.5. The van der Waals surface area contributed by atoms with Crippen molar-refractivity contribution in [1.29, 1.82) is 0 Å². The first-order valence-corrected chi connectivity index (χ1v) is 8.16. The van der Waals surface area contributed by atoms with E-state index in [1.165, 1.54) is 5.56 Å². The Morgan fingerprint density at radius 3 is 2.55 bits per heavy atom. The molecule has 0 aliphatic carbocycles. The summed E-state index contributed by atoms with van der Waals surface area (Å²) in [5, 5.41) is 0. The van der Waals surface area contributed by atoms with E-state index in [1.807, 2.05) is 11.8 Å². The molecule has 1 aliphatic heterocycles. The summed E-state index contributed by atoms with van der Waals surface area (Å²) < 4.78 is 0. The van der Waals surface area contributed by atoms with Gasteiger partial charge in [-0.1, -0.05) is 38.1 Å². The Balaban J connectivity index is 0.00000242. The fourth-order valence-corrected chi connectivity index (χ4v) is 3.20. The number of halogens is 1. The van der Waals surface area contributed by atoms with E-state index in [2.05, 4.69) is 38.1 Å². The third kappa shape index (κ3) is 4.23. The smallest absolute Gasteiger partial charge is 0.230 e. The molecule has 1 heterocycles. The Hall–Kier alpha value is -1.06. The van der Waals surface area contributed by atoms with Gasteiger partial charge in [0.1, 0.15) is 0 Å². The van der Waals surface area contributed by atoms with Crippen LogP contribution in [0.15, 0.2) is 24.3 Å². The molecule has 124 valence electrons. The van der Waals surface area contributed by atoms with Crippen molar-refractivity contribution in [1.82, 2.24) is 4.90 Å². The van der Waals surface area contributed by atoms with Crippen LogP contribution in [0.2, 0.25) is 0 Å². The first-order valence-electron chi connectivity index (χ1n) is 8.16. The predicted molar refractivity (Wildman–Crippen MR) is 94.4 cm³/mol. The number of piperidine rings is 1. The van der Waals surface area contributed by atoms with E-state index >= 15 is 0 Å². The van der Waals surface area contributed by atoms with Gasteiger partial charge in [0.25, 0.3) is 0 Å². The molecule has 1 saturated heterocycles. The second-order valence-electron chi connectivity index (χ2n) is 6.37. The van der Waals surface area contributed by atoms with E-state index in [1.54, 1.807) is 0 Å². The number of hydrogen-bond donors (Lipinski definition) is 1. The van der Waals surface area contributed by atoms with Crippen molar-refractivity contribution >= 4 is 18.3 Å². The van der Waals surface area contributed by atoms with Gasteiger partial charge in [-0.05, 0) is 43.2 Å². The molecule has 1 aromatic rings. The summed E-state index contributed by atoms with van der Waals surface area (Å²) in [6, 6.07) is 8.63. The van der Waals surface area contributed by atoms with Crippen LogP contribution in [0.25, 0.3) is 0 Å². The van der Waals surface area contributed by atoms with Crippen molar-refractivity contribution in [2.75, 3.05) is 13.1 Å². The number of aryl methyl sites for hydroxylation is 1. The standard InChI is InChI=1S/C18H28N2O.ClH/c1-4-15-5-7-16(8-6-15)14(3)18(21)20-10-9-13(2)11-17(20)12-19;/h5-8,13-14,17H,4,9-12,19H2,1-3H3;1H. The van der Waals surface area contributed by atoms with E-state index < -0.39 is 0 Å². The van der Waals surface area contributed by atoms with Crippen LogP contribution in [0.5, 0.6) is 0 Å². The van der Waals surface area contributed by atoms with Gasteiger partial charge in [-0.25, -0.2) is 0 Å². The first-order chi connectivity index (χ1) is 10.1. The van der Waals surface area contributed by atoms with Crippen molar-refractivity contribution in [2.24, 2.45) is 11.7 Å². The number of likely N-dealkylation sites (tertiary alicyclic amines) is 1. The molecule has 0 saturated carbocycles. The summed E-state index contributed by atoms with van der Waals surface area (Å²) in [4.78, 5) is 14.8. The fraction of sp³-hybridized carbons (Fsp3) is 0.611. The second kappa shape index (κ2) is 8.54. The largest absolute Gasteiger partial charge is 0.338 e. The molecule has 3 nitrogen and oxygen atoms in total. The SMILES string of the molecule is CCc1ccc(C(C)C(=O)N2CCC(C)CC2CN)cc1.Cl. The van der Waals surface area contributed by atoms with Gasteiger partial charge in [-0.2, -0.15) is 0 Å². The lowest BCUT2D eigenvalue weighted by Crippen LogP contribution is -2.50. The van der Waals surface area contributed by atoms with E-state index in [0.29, 0.717) is 12.5 Å². The number of rotatable bonds is 4. The highest BCUT2D eigenvalue weighted by molar-refractivity contribution is 5.85. The van der Waals surface area contributed by atoms with Crippen molar-refractivity contribution in [3.8, 4) is 0 Å². The number of nitrogens with two attached hydrogens (primary N) is 1. The van der Waals surface area contributed by atoms with Crippen LogP contribution < -0.4 is 5.73 Å². The summed E-state index contributed by atoms with van der Waals surface area (Å²) in [5.41, 5.74) is 8.29. The Morgan fingerprint density at radius 1 is 1.36 bits per heavy atom. The van der Waals surface area contributed by atoms with E-state index in [0.717, 1.165) is 31.4 Å². The number of nitrogens with zero attached hydrogens (tertiary/aromatic N) is 1. The average molecular weight is 325 g/mol. The maximum absolute atomic E-state index is 12.8. The van der Waals surface area contributed by atoms with E-state index in [9.17, 15) is 4.79 Å². The topological polar surface area (TPSA) is 46.3 Å². The zero-order valence-corrected chi connectivity index (χ0v) is 14.7. The molecule has 1 aliphatic rings. The van der Waals surface area contributed by atoms with Crippen LogP contribution in [0.4, 0.5) is 0 Å².